The van der Waals surface area contributed by atoms with Crippen LogP contribution in [-0.4, -0.2) is 10.7 Å². The van der Waals surface area contributed by atoms with Crippen LogP contribution in [0.15, 0.2) is 46.9 Å². The second-order valence-electron chi connectivity index (χ2n) is 4.03. The highest BCUT2D eigenvalue weighted by Crippen LogP contribution is 2.37. The Hall–Kier alpha value is -2.21. The molecule has 0 saturated heterocycles. The molecule has 0 N–H and O–H groups in total. The molecule has 0 aliphatic carbocycles. The Morgan fingerprint density at radius 2 is 1.85 bits per heavy atom. The van der Waals surface area contributed by atoms with Crippen LogP contribution >= 0.6 is 15.9 Å². The molecule has 0 spiro atoms. The molecule has 0 atom stereocenters. The molecular weight excluding hydrogens is 326 g/mol. The number of nitrogens with zero attached hydrogens (tertiary/aromatic N) is 1. The van der Waals surface area contributed by atoms with Crippen molar-refractivity contribution in [2.45, 2.75) is 6.92 Å². The van der Waals surface area contributed by atoms with Crippen LogP contribution in [0.3, 0.4) is 0 Å². The van der Waals surface area contributed by atoms with E-state index >= 15 is 0 Å². The molecule has 0 aromatic heterocycles. The van der Waals surface area contributed by atoms with E-state index in [-0.39, 0.29) is 17.2 Å². The number of hydrogen-bond acceptors (Lipinski definition) is 4. The van der Waals surface area contributed by atoms with Gasteiger partial charge in [0.25, 0.3) is 0 Å². The first-order valence-electron chi connectivity index (χ1n) is 5.71. The molecule has 0 radical (unpaired) electrons. The molecule has 0 heterocycles. The molecule has 2 rings (SSSR count). The number of Topliss-reactive ketones (excluding diaryl/α,β-unsaturated/α-hetero) is 1. The van der Waals surface area contributed by atoms with Crippen molar-refractivity contribution in [3.63, 3.8) is 0 Å². The SMILES string of the molecule is CC(=O)c1ccc(Oc2c(Br)cccc2[N+](=O)[O-])cc1. The van der Waals surface area contributed by atoms with Crippen molar-refractivity contribution < 1.29 is 14.5 Å². The van der Waals surface area contributed by atoms with E-state index in [1.807, 2.05) is 0 Å². The van der Waals surface area contributed by atoms with Gasteiger partial charge in [0.2, 0.25) is 5.75 Å². The van der Waals surface area contributed by atoms with Gasteiger partial charge in [-0.15, -0.1) is 0 Å². The summed E-state index contributed by atoms with van der Waals surface area (Å²) < 4.78 is 6.02. The summed E-state index contributed by atoms with van der Waals surface area (Å²) in [6, 6.07) is 11.0. The maximum atomic E-state index is 11.2. The van der Waals surface area contributed by atoms with Gasteiger partial charge in [0.1, 0.15) is 5.75 Å². The van der Waals surface area contributed by atoms with Crippen LogP contribution in [0.2, 0.25) is 0 Å². The summed E-state index contributed by atoms with van der Waals surface area (Å²) in [5.74, 6) is 0.501. The summed E-state index contributed by atoms with van der Waals surface area (Å²) >= 11 is 3.23. The van der Waals surface area contributed by atoms with Gasteiger partial charge < -0.3 is 4.74 Å². The van der Waals surface area contributed by atoms with E-state index in [1.54, 1.807) is 36.4 Å². The molecule has 0 saturated carbocycles. The van der Waals surface area contributed by atoms with E-state index in [0.29, 0.717) is 15.8 Å². The summed E-state index contributed by atoms with van der Waals surface area (Å²) in [5, 5.41) is 11.0. The highest BCUT2D eigenvalue weighted by atomic mass is 79.9. The van der Waals surface area contributed by atoms with Crippen LogP contribution in [0.5, 0.6) is 11.5 Å². The Morgan fingerprint density at radius 3 is 2.40 bits per heavy atom. The predicted octanol–water partition coefficient (Wildman–Crippen LogP) is 4.35. The normalized spacial score (nSPS) is 10.1. The molecule has 2 aromatic carbocycles. The average Bonchev–Trinajstić information content (AvgIpc) is 2.41. The topological polar surface area (TPSA) is 69.4 Å². The zero-order chi connectivity index (χ0) is 14.7. The Morgan fingerprint density at radius 1 is 1.20 bits per heavy atom. The van der Waals surface area contributed by atoms with Gasteiger partial charge in [0.15, 0.2) is 5.78 Å². The second-order valence-corrected chi connectivity index (χ2v) is 4.88. The molecule has 5 nitrogen and oxygen atoms in total. The van der Waals surface area contributed by atoms with E-state index in [1.165, 1.54) is 13.0 Å². The van der Waals surface area contributed by atoms with Gasteiger partial charge in [0.05, 0.1) is 9.40 Å². The third-order valence-corrected chi connectivity index (χ3v) is 3.25. The average molecular weight is 336 g/mol. The van der Waals surface area contributed by atoms with Crippen LogP contribution in [0.1, 0.15) is 17.3 Å². The fourth-order valence-corrected chi connectivity index (χ4v) is 2.05. The first-order valence-corrected chi connectivity index (χ1v) is 6.50. The van der Waals surface area contributed by atoms with Gasteiger partial charge in [-0.25, -0.2) is 0 Å². The number of nitro benzene ring substituents is 1. The summed E-state index contributed by atoms with van der Waals surface area (Å²) in [4.78, 5) is 21.6. The van der Waals surface area contributed by atoms with E-state index in [9.17, 15) is 14.9 Å². The molecule has 0 bridgehead atoms. The van der Waals surface area contributed by atoms with Gasteiger partial charge in [-0.2, -0.15) is 0 Å². The van der Waals surface area contributed by atoms with E-state index in [0.717, 1.165) is 0 Å². The molecule has 0 unspecified atom stereocenters. The maximum absolute atomic E-state index is 11.2. The lowest BCUT2D eigenvalue weighted by Crippen LogP contribution is -1.95. The van der Waals surface area contributed by atoms with E-state index in [2.05, 4.69) is 15.9 Å². The number of para-hydroxylation sites is 1. The van der Waals surface area contributed by atoms with Gasteiger partial charge in [0, 0.05) is 11.6 Å². The van der Waals surface area contributed by atoms with Crippen LogP contribution in [0, 0.1) is 10.1 Å². The molecule has 2 aromatic rings. The third-order valence-electron chi connectivity index (χ3n) is 2.62. The molecule has 20 heavy (non-hydrogen) atoms. The van der Waals surface area contributed by atoms with Gasteiger partial charge in [-0.05, 0) is 53.2 Å². The fraction of sp³-hybridized carbons (Fsp3) is 0.0714. The summed E-state index contributed by atoms with van der Waals surface area (Å²) in [7, 11) is 0. The zero-order valence-electron chi connectivity index (χ0n) is 10.5. The monoisotopic (exact) mass is 335 g/mol. The van der Waals surface area contributed by atoms with Crippen molar-refractivity contribution in [3.05, 3.63) is 62.6 Å². The van der Waals surface area contributed by atoms with Crippen molar-refractivity contribution in [1.29, 1.82) is 0 Å². The van der Waals surface area contributed by atoms with Crippen molar-refractivity contribution in [2.75, 3.05) is 0 Å². The van der Waals surface area contributed by atoms with Gasteiger partial charge in [-0.1, -0.05) is 6.07 Å². The largest absolute Gasteiger partial charge is 0.449 e. The number of ketones is 1. The standard InChI is InChI=1S/C14H10BrNO4/c1-9(17)10-5-7-11(8-6-10)20-14-12(15)3-2-4-13(14)16(18)19/h2-8H,1H3. The van der Waals surface area contributed by atoms with Crippen LogP contribution in [0.4, 0.5) is 5.69 Å². The van der Waals surface area contributed by atoms with Crippen molar-refractivity contribution in [2.24, 2.45) is 0 Å². The molecule has 0 aliphatic heterocycles. The summed E-state index contributed by atoms with van der Waals surface area (Å²) in [5.41, 5.74) is 0.425. The Bertz CT molecular complexity index is 667. The molecule has 0 fully saturated rings. The smallest absolute Gasteiger partial charge is 0.312 e. The number of nitro groups is 1. The predicted molar refractivity (Wildman–Crippen MR) is 77.3 cm³/mol. The molecule has 0 aliphatic rings. The Kier molecular flexibility index (Phi) is 4.14. The van der Waals surface area contributed by atoms with E-state index < -0.39 is 4.92 Å². The quantitative estimate of drug-likeness (QED) is 0.473. The lowest BCUT2D eigenvalue weighted by Gasteiger charge is -2.08. The highest BCUT2D eigenvalue weighted by molar-refractivity contribution is 9.10. The third kappa shape index (κ3) is 3.03. The molecule has 0 amide bonds. The number of benzene rings is 2. The lowest BCUT2D eigenvalue weighted by molar-refractivity contribution is -0.385. The number of carbonyl (C=O) groups excluding carboxylic acids is 1. The van der Waals surface area contributed by atoms with Crippen molar-refractivity contribution in [3.8, 4) is 11.5 Å². The number of ether oxygens (including phenoxy) is 1. The fourth-order valence-electron chi connectivity index (χ4n) is 1.62. The van der Waals surface area contributed by atoms with Crippen LogP contribution < -0.4 is 4.74 Å². The van der Waals surface area contributed by atoms with Gasteiger partial charge >= 0.3 is 5.69 Å². The highest BCUT2D eigenvalue weighted by Gasteiger charge is 2.18. The number of hydrogen-bond donors (Lipinski definition) is 0. The molecule has 102 valence electrons. The van der Waals surface area contributed by atoms with Crippen molar-refractivity contribution >= 4 is 27.4 Å². The summed E-state index contributed by atoms with van der Waals surface area (Å²) in [6.45, 7) is 1.47. The van der Waals surface area contributed by atoms with Crippen molar-refractivity contribution in [1.82, 2.24) is 0 Å². The zero-order valence-corrected chi connectivity index (χ0v) is 12.1. The first kappa shape index (κ1) is 14.2. The summed E-state index contributed by atoms with van der Waals surface area (Å²) in [6.07, 6.45) is 0. The minimum Gasteiger partial charge on any atom is -0.449 e. The minimum absolute atomic E-state index is 0.0524. The second kappa shape index (κ2) is 5.83. The van der Waals surface area contributed by atoms with Crippen LogP contribution in [-0.2, 0) is 0 Å². The van der Waals surface area contributed by atoms with Crippen LogP contribution in [0.25, 0.3) is 0 Å². The number of halogens is 1. The first-order chi connectivity index (χ1) is 9.49. The molecule has 6 heteroatoms. The molecular formula is C14H10BrNO4. The van der Waals surface area contributed by atoms with E-state index in [4.69, 9.17) is 4.74 Å². The maximum Gasteiger partial charge on any atom is 0.312 e. The minimum atomic E-state index is -0.510. The lowest BCUT2D eigenvalue weighted by atomic mass is 10.1. The van der Waals surface area contributed by atoms with Gasteiger partial charge in [-0.3, -0.25) is 14.9 Å². The number of carbonyl (C=O) groups is 1. The Labute approximate surface area is 123 Å². The Balaban J connectivity index is 2.34. The number of rotatable bonds is 4.